The van der Waals surface area contributed by atoms with Crippen LogP contribution in [0.1, 0.15) is 17.0 Å². The van der Waals surface area contributed by atoms with E-state index in [2.05, 4.69) is 27.0 Å². The van der Waals surface area contributed by atoms with Crippen LogP contribution in [0.4, 0.5) is 0 Å². The molecule has 4 nitrogen and oxygen atoms in total. The highest BCUT2D eigenvalue weighted by molar-refractivity contribution is 9.10. The molecule has 4 rings (SSSR count). The summed E-state index contributed by atoms with van der Waals surface area (Å²) in [6.45, 7) is 0. The number of imidazole rings is 1. The van der Waals surface area contributed by atoms with Crippen molar-refractivity contribution in [1.29, 1.82) is 0 Å². The maximum Gasteiger partial charge on any atom is 0.309 e. The SMILES string of the molecule is O=C(O)Cc1csc2nc3c(n12)Cc1c(Br)cccc1-3. The van der Waals surface area contributed by atoms with Gasteiger partial charge in [-0.05, 0) is 11.6 Å². The molecule has 0 saturated carbocycles. The van der Waals surface area contributed by atoms with E-state index in [1.165, 1.54) is 16.9 Å². The fourth-order valence-corrected chi connectivity index (χ4v) is 4.18. The fourth-order valence-electron chi connectivity index (χ4n) is 2.76. The molecule has 100 valence electrons. The molecule has 1 aromatic carbocycles. The molecule has 0 fully saturated rings. The van der Waals surface area contributed by atoms with Crippen molar-refractivity contribution >= 4 is 38.2 Å². The maximum absolute atomic E-state index is 11.0. The second-order valence-electron chi connectivity index (χ2n) is 4.77. The predicted molar refractivity (Wildman–Crippen MR) is 80.4 cm³/mol. The lowest BCUT2D eigenvalue weighted by molar-refractivity contribution is -0.136. The van der Waals surface area contributed by atoms with Crippen LogP contribution in [-0.2, 0) is 17.6 Å². The Balaban J connectivity index is 1.96. The summed E-state index contributed by atoms with van der Waals surface area (Å²) in [5, 5.41) is 10.9. The summed E-state index contributed by atoms with van der Waals surface area (Å²) in [6.07, 6.45) is 0.816. The summed E-state index contributed by atoms with van der Waals surface area (Å²) in [6, 6.07) is 6.10. The number of fused-ring (bicyclic) bond motifs is 5. The highest BCUT2D eigenvalue weighted by atomic mass is 79.9. The average molecular weight is 349 g/mol. The molecular weight excluding hydrogens is 340 g/mol. The first kappa shape index (κ1) is 12.1. The van der Waals surface area contributed by atoms with Crippen molar-refractivity contribution in [3.8, 4) is 11.3 Å². The van der Waals surface area contributed by atoms with E-state index in [1.54, 1.807) is 0 Å². The molecular formula is C14H9BrN2O2S. The molecule has 0 atom stereocenters. The number of carboxylic acids is 1. The van der Waals surface area contributed by atoms with Crippen molar-refractivity contribution in [3.05, 3.63) is 45.0 Å². The van der Waals surface area contributed by atoms with Crippen molar-refractivity contribution in [2.45, 2.75) is 12.8 Å². The van der Waals surface area contributed by atoms with Gasteiger partial charge in [0.2, 0.25) is 0 Å². The normalized spacial score (nSPS) is 12.7. The van der Waals surface area contributed by atoms with E-state index in [9.17, 15) is 4.79 Å². The zero-order valence-electron chi connectivity index (χ0n) is 10.3. The van der Waals surface area contributed by atoms with Gasteiger partial charge in [-0.2, -0.15) is 0 Å². The molecule has 0 spiro atoms. The number of benzene rings is 1. The van der Waals surface area contributed by atoms with Crippen LogP contribution in [-0.4, -0.2) is 20.5 Å². The summed E-state index contributed by atoms with van der Waals surface area (Å²) >= 11 is 5.07. The van der Waals surface area contributed by atoms with Crippen LogP contribution in [0.5, 0.6) is 0 Å². The number of aliphatic carboxylic acids is 1. The topological polar surface area (TPSA) is 54.6 Å². The second kappa shape index (κ2) is 4.17. The molecule has 1 aliphatic carbocycles. The van der Waals surface area contributed by atoms with E-state index in [4.69, 9.17) is 5.11 Å². The minimum Gasteiger partial charge on any atom is -0.481 e. The predicted octanol–water partition coefficient (Wildman–Crippen LogP) is 3.36. The van der Waals surface area contributed by atoms with E-state index in [0.717, 1.165) is 38.5 Å². The second-order valence-corrected chi connectivity index (χ2v) is 6.46. The highest BCUT2D eigenvalue weighted by Gasteiger charge is 2.27. The van der Waals surface area contributed by atoms with Crippen LogP contribution in [0.25, 0.3) is 16.2 Å². The number of carboxylic acid groups (broad SMARTS) is 1. The number of thiazole rings is 1. The first-order valence-electron chi connectivity index (χ1n) is 6.12. The van der Waals surface area contributed by atoms with Crippen LogP contribution < -0.4 is 0 Å². The lowest BCUT2D eigenvalue weighted by atomic mass is 10.1. The Morgan fingerprint density at radius 1 is 1.50 bits per heavy atom. The van der Waals surface area contributed by atoms with E-state index in [0.29, 0.717) is 0 Å². The third-order valence-electron chi connectivity index (χ3n) is 3.58. The van der Waals surface area contributed by atoms with Gasteiger partial charge in [-0.1, -0.05) is 28.1 Å². The number of rotatable bonds is 2. The first-order valence-corrected chi connectivity index (χ1v) is 7.79. The molecule has 2 aromatic heterocycles. The molecule has 1 aliphatic rings. The van der Waals surface area contributed by atoms with Crippen molar-refractivity contribution in [1.82, 2.24) is 9.38 Å². The smallest absolute Gasteiger partial charge is 0.309 e. The van der Waals surface area contributed by atoms with Crippen molar-refractivity contribution in [2.24, 2.45) is 0 Å². The maximum atomic E-state index is 11.0. The fraction of sp³-hybridized carbons (Fsp3) is 0.143. The number of nitrogens with zero attached hydrogens (tertiary/aromatic N) is 2. The van der Waals surface area contributed by atoms with Crippen molar-refractivity contribution < 1.29 is 9.90 Å². The van der Waals surface area contributed by atoms with Gasteiger partial charge in [0.15, 0.2) is 4.96 Å². The number of hydrogen-bond donors (Lipinski definition) is 1. The Morgan fingerprint density at radius 3 is 3.15 bits per heavy atom. The highest BCUT2D eigenvalue weighted by Crippen LogP contribution is 2.41. The van der Waals surface area contributed by atoms with Crippen LogP contribution >= 0.6 is 27.3 Å². The summed E-state index contributed by atoms with van der Waals surface area (Å²) in [5.41, 5.74) is 5.26. The molecule has 0 amide bonds. The van der Waals surface area contributed by atoms with Gasteiger partial charge in [0.25, 0.3) is 0 Å². The lowest BCUT2D eigenvalue weighted by Gasteiger charge is -2.01. The third-order valence-corrected chi connectivity index (χ3v) is 5.20. The van der Waals surface area contributed by atoms with Crippen LogP contribution in [0.2, 0.25) is 0 Å². The number of carbonyl (C=O) groups is 1. The van der Waals surface area contributed by atoms with Crippen LogP contribution in [0.3, 0.4) is 0 Å². The van der Waals surface area contributed by atoms with Gasteiger partial charge in [-0.3, -0.25) is 9.20 Å². The molecule has 0 saturated heterocycles. The molecule has 1 N–H and O–H groups in total. The summed E-state index contributed by atoms with van der Waals surface area (Å²) in [7, 11) is 0. The largest absolute Gasteiger partial charge is 0.481 e. The Bertz CT molecular complexity index is 866. The zero-order valence-corrected chi connectivity index (χ0v) is 12.7. The molecule has 0 aliphatic heterocycles. The van der Waals surface area contributed by atoms with Gasteiger partial charge in [0.05, 0.1) is 17.8 Å². The molecule has 0 bridgehead atoms. The van der Waals surface area contributed by atoms with E-state index in [1.807, 2.05) is 21.9 Å². The van der Waals surface area contributed by atoms with E-state index < -0.39 is 5.97 Å². The lowest BCUT2D eigenvalue weighted by Crippen LogP contribution is -2.04. The zero-order chi connectivity index (χ0) is 13.9. The Kier molecular flexibility index (Phi) is 2.52. The average Bonchev–Trinajstić information content (AvgIpc) is 3.01. The summed E-state index contributed by atoms with van der Waals surface area (Å²) < 4.78 is 3.08. The van der Waals surface area contributed by atoms with Gasteiger partial charge < -0.3 is 5.11 Å². The summed E-state index contributed by atoms with van der Waals surface area (Å²) in [5.74, 6) is -0.816. The van der Waals surface area contributed by atoms with Crippen molar-refractivity contribution in [2.75, 3.05) is 0 Å². The third kappa shape index (κ3) is 1.58. The van der Waals surface area contributed by atoms with E-state index >= 15 is 0 Å². The standard InChI is InChI=1S/C14H9BrN2O2S/c15-10-3-1-2-8-9(10)5-11-13(8)16-14-17(11)7(6-20-14)4-12(18)19/h1-3,6H,4-5H2,(H,18,19). The Hall–Kier alpha value is -1.66. The molecule has 0 radical (unpaired) electrons. The van der Waals surface area contributed by atoms with Crippen LogP contribution in [0, 0.1) is 0 Å². The Labute approximate surface area is 126 Å². The Morgan fingerprint density at radius 2 is 2.35 bits per heavy atom. The van der Waals surface area contributed by atoms with Gasteiger partial charge in [0, 0.05) is 27.5 Å². The molecule has 2 heterocycles. The minimum atomic E-state index is -0.816. The van der Waals surface area contributed by atoms with Gasteiger partial charge in [-0.15, -0.1) is 11.3 Å². The minimum absolute atomic E-state index is 0.0281. The first-order chi connectivity index (χ1) is 9.65. The molecule has 0 unspecified atom stereocenters. The van der Waals surface area contributed by atoms with Gasteiger partial charge >= 0.3 is 5.97 Å². The van der Waals surface area contributed by atoms with Gasteiger partial charge in [0.1, 0.15) is 0 Å². The van der Waals surface area contributed by atoms with E-state index in [-0.39, 0.29) is 6.42 Å². The summed E-state index contributed by atoms with van der Waals surface area (Å²) in [4.78, 5) is 16.5. The van der Waals surface area contributed by atoms with Gasteiger partial charge in [-0.25, -0.2) is 4.98 Å². The van der Waals surface area contributed by atoms with Crippen LogP contribution in [0.15, 0.2) is 28.1 Å². The monoisotopic (exact) mass is 348 g/mol. The molecule has 6 heteroatoms. The number of hydrogen-bond acceptors (Lipinski definition) is 3. The number of halogens is 1. The van der Waals surface area contributed by atoms with Crippen molar-refractivity contribution in [3.63, 3.8) is 0 Å². The number of aromatic nitrogens is 2. The molecule has 20 heavy (non-hydrogen) atoms. The molecule has 3 aromatic rings. The quantitative estimate of drug-likeness (QED) is 0.604.